The van der Waals surface area contributed by atoms with Crippen LogP contribution in [0.5, 0.6) is 11.5 Å². The highest BCUT2D eigenvalue weighted by Gasteiger charge is 2.35. The molecule has 0 bridgehead atoms. The van der Waals surface area contributed by atoms with Crippen LogP contribution in [0.25, 0.3) is 0 Å². The summed E-state index contributed by atoms with van der Waals surface area (Å²) in [6.45, 7) is 13.7. The molecule has 0 aliphatic carbocycles. The predicted octanol–water partition coefficient (Wildman–Crippen LogP) is 4.61. The fourth-order valence-corrected chi connectivity index (χ4v) is 4.12. The molecule has 2 unspecified atom stereocenters. The van der Waals surface area contributed by atoms with Crippen LogP contribution >= 0.6 is 24.0 Å². The molecule has 1 aliphatic heterocycles. The summed E-state index contributed by atoms with van der Waals surface area (Å²) in [5.74, 6) is 2.79. The second-order valence-electron chi connectivity index (χ2n) is 9.82. The Morgan fingerprint density at radius 2 is 1.77 bits per heavy atom. The van der Waals surface area contributed by atoms with Crippen LogP contribution in [-0.2, 0) is 10.2 Å². The first kappa shape index (κ1) is 27.8. The van der Waals surface area contributed by atoms with Gasteiger partial charge >= 0.3 is 0 Å². The van der Waals surface area contributed by atoms with Crippen LogP contribution in [0.1, 0.15) is 53.0 Å². The van der Waals surface area contributed by atoms with Crippen molar-refractivity contribution in [3.05, 3.63) is 23.8 Å². The van der Waals surface area contributed by atoms with Gasteiger partial charge in [-0.25, -0.2) is 0 Å². The summed E-state index contributed by atoms with van der Waals surface area (Å²) in [5.41, 5.74) is 1.20. The highest BCUT2D eigenvalue weighted by atomic mass is 127. The van der Waals surface area contributed by atoms with Crippen molar-refractivity contribution < 1.29 is 14.2 Å². The number of aliphatic imine (C=N–C) groups is 1. The standard InChI is InChI=1S/C24H41N3O3.HI/c1-23(2,3)21-17(10-9-13-30-21)15-26-22(25-6)27-16-24(4,5)18-11-12-19(28-7)20(14-18)29-8;/h11-12,14,17,21H,9-10,13,15-16H2,1-8H3,(H2,25,26,27);1H. The van der Waals surface area contributed by atoms with Gasteiger partial charge in [0.1, 0.15) is 0 Å². The largest absolute Gasteiger partial charge is 0.493 e. The van der Waals surface area contributed by atoms with E-state index in [4.69, 9.17) is 14.2 Å². The van der Waals surface area contributed by atoms with Gasteiger partial charge in [-0.2, -0.15) is 0 Å². The Morgan fingerprint density at radius 3 is 2.35 bits per heavy atom. The van der Waals surface area contributed by atoms with Crippen molar-refractivity contribution in [3.8, 4) is 11.5 Å². The molecule has 2 atom stereocenters. The number of hydrogen-bond donors (Lipinski definition) is 2. The molecule has 1 aromatic carbocycles. The van der Waals surface area contributed by atoms with Gasteiger partial charge < -0.3 is 24.8 Å². The molecule has 31 heavy (non-hydrogen) atoms. The minimum atomic E-state index is -0.112. The number of nitrogens with one attached hydrogen (secondary N) is 2. The van der Waals surface area contributed by atoms with Gasteiger partial charge in [0.15, 0.2) is 17.5 Å². The van der Waals surface area contributed by atoms with Gasteiger partial charge in [0, 0.05) is 38.1 Å². The van der Waals surface area contributed by atoms with E-state index in [1.54, 1.807) is 14.2 Å². The first-order valence-electron chi connectivity index (χ1n) is 10.9. The number of nitrogens with zero attached hydrogens (tertiary/aromatic N) is 1. The zero-order valence-corrected chi connectivity index (χ0v) is 22.8. The Bertz CT molecular complexity index is 717. The number of guanidine groups is 1. The maximum atomic E-state index is 6.11. The molecule has 0 aromatic heterocycles. The minimum absolute atomic E-state index is 0. The van der Waals surface area contributed by atoms with Crippen molar-refractivity contribution in [2.24, 2.45) is 16.3 Å². The van der Waals surface area contributed by atoms with Gasteiger partial charge in [-0.3, -0.25) is 4.99 Å². The van der Waals surface area contributed by atoms with Crippen molar-refractivity contribution in [3.63, 3.8) is 0 Å². The average molecular weight is 548 g/mol. The molecule has 1 heterocycles. The smallest absolute Gasteiger partial charge is 0.191 e. The van der Waals surface area contributed by atoms with E-state index in [0.29, 0.717) is 5.92 Å². The molecule has 0 spiro atoms. The van der Waals surface area contributed by atoms with Crippen LogP contribution in [0.4, 0.5) is 0 Å². The average Bonchev–Trinajstić information content (AvgIpc) is 2.72. The molecule has 2 rings (SSSR count). The van der Waals surface area contributed by atoms with Crippen molar-refractivity contribution >= 4 is 29.9 Å². The van der Waals surface area contributed by atoms with Crippen LogP contribution < -0.4 is 20.1 Å². The fraction of sp³-hybridized carbons (Fsp3) is 0.708. The number of halogens is 1. The molecule has 0 amide bonds. The number of benzene rings is 1. The monoisotopic (exact) mass is 547 g/mol. The lowest BCUT2D eigenvalue weighted by molar-refractivity contribution is -0.0835. The molecule has 0 saturated carbocycles. The summed E-state index contributed by atoms with van der Waals surface area (Å²) in [5, 5.41) is 7.01. The number of methoxy groups -OCH3 is 2. The normalized spacial score (nSPS) is 19.9. The second-order valence-corrected chi connectivity index (χ2v) is 9.82. The molecular formula is C24H42IN3O3. The van der Waals surface area contributed by atoms with Gasteiger partial charge in [-0.15, -0.1) is 24.0 Å². The number of ether oxygens (including phenoxy) is 3. The summed E-state index contributed by atoms with van der Waals surface area (Å²) >= 11 is 0. The van der Waals surface area contributed by atoms with Gasteiger partial charge in [0.05, 0.1) is 20.3 Å². The van der Waals surface area contributed by atoms with Crippen LogP contribution in [0, 0.1) is 11.3 Å². The SMILES string of the molecule is CN=C(NCC1CCCOC1C(C)(C)C)NCC(C)(C)c1ccc(OC)c(OC)c1.I. The third kappa shape index (κ3) is 7.70. The van der Waals surface area contributed by atoms with E-state index in [1.165, 1.54) is 12.0 Å². The summed E-state index contributed by atoms with van der Waals surface area (Å²) < 4.78 is 16.9. The van der Waals surface area contributed by atoms with E-state index >= 15 is 0 Å². The van der Waals surface area contributed by atoms with E-state index < -0.39 is 0 Å². The molecule has 1 aliphatic rings. The van der Waals surface area contributed by atoms with Crippen molar-refractivity contribution in [1.29, 1.82) is 0 Å². The van der Waals surface area contributed by atoms with Crippen LogP contribution in [-0.4, -0.2) is 53.0 Å². The van der Waals surface area contributed by atoms with Gasteiger partial charge in [-0.1, -0.05) is 40.7 Å². The van der Waals surface area contributed by atoms with Gasteiger partial charge in [-0.05, 0) is 36.0 Å². The van der Waals surface area contributed by atoms with Crippen LogP contribution in [0.15, 0.2) is 23.2 Å². The highest BCUT2D eigenvalue weighted by Crippen LogP contribution is 2.34. The lowest BCUT2D eigenvalue weighted by Gasteiger charge is -2.40. The Kier molecular flexibility index (Phi) is 10.9. The quantitative estimate of drug-likeness (QED) is 0.297. The van der Waals surface area contributed by atoms with Crippen LogP contribution in [0.2, 0.25) is 0 Å². The summed E-state index contributed by atoms with van der Waals surface area (Å²) in [7, 11) is 5.14. The Labute approximate surface area is 205 Å². The topological polar surface area (TPSA) is 64.1 Å². The molecule has 1 fully saturated rings. The fourth-order valence-electron chi connectivity index (χ4n) is 4.12. The Balaban J connectivity index is 0.00000480. The first-order chi connectivity index (χ1) is 14.1. The van der Waals surface area contributed by atoms with Crippen LogP contribution in [0.3, 0.4) is 0 Å². The second kappa shape index (κ2) is 12.1. The third-order valence-corrected chi connectivity index (χ3v) is 5.92. The summed E-state index contributed by atoms with van der Waals surface area (Å²) in [6, 6.07) is 6.09. The molecule has 2 N–H and O–H groups in total. The first-order valence-corrected chi connectivity index (χ1v) is 10.9. The molecular weight excluding hydrogens is 505 g/mol. The highest BCUT2D eigenvalue weighted by molar-refractivity contribution is 14.0. The van der Waals surface area contributed by atoms with E-state index in [-0.39, 0.29) is 40.9 Å². The van der Waals surface area contributed by atoms with Gasteiger partial charge in [0.2, 0.25) is 0 Å². The zero-order chi connectivity index (χ0) is 22.4. The van der Waals surface area contributed by atoms with E-state index in [1.807, 2.05) is 19.2 Å². The lowest BCUT2D eigenvalue weighted by atomic mass is 9.78. The van der Waals surface area contributed by atoms with Crippen molar-refractivity contribution in [2.45, 2.75) is 59.0 Å². The molecule has 178 valence electrons. The molecule has 0 radical (unpaired) electrons. The van der Waals surface area contributed by atoms with E-state index in [9.17, 15) is 0 Å². The third-order valence-electron chi connectivity index (χ3n) is 5.92. The molecule has 6 nitrogen and oxygen atoms in total. The van der Waals surface area contributed by atoms with E-state index in [0.717, 1.165) is 43.6 Å². The molecule has 7 heteroatoms. The summed E-state index contributed by atoms with van der Waals surface area (Å²) in [6.07, 6.45) is 2.57. The maximum absolute atomic E-state index is 6.11. The molecule has 1 saturated heterocycles. The zero-order valence-electron chi connectivity index (χ0n) is 20.5. The van der Waals surface area contributed by atoms with Crippen molar-refractivity contribution in [2.75, 3.05) is 41.0 Å². The van der Waals surface area contributed by atoms with Crippen molar-refractivity contribution in [1.82, 2.24) is 10.6 Å². The Morgan fingerprint density at radius 1 is 1.10 bits per heavy atom. The minimum Gasteiger partial charge on any atom is -0.493 e. The number of hydrogen-bond acceptors (Lipinski definition) is 4. The molecule has 1 aromatic rings. The summed E-state index contributed by atoms with van der Waals surface area (Å²) in [4.78, 5) is 4.43. The number of rotatable bonds is 7. The van der Waals surface area contributed by atoms with Gasteiger partial charge in [0.25, 0.3) is 0 Å². The lowest BCUT2D eigenvalue weighted by Crippen LogP contribution is -2.49. The van der Waals surface area contributed by atoms with E-state index in [2.05, 4.69) is 56.3 Å². The predicted molar refractivity (Wildman–Crippen MR) is 139 cm³/mol. The maximum Gasteiger partial charge on any atom is 0.191 e. The Hall–Kier alpha value is -1.22.